The second kappa shape index (κ2) is 10.7. The molecule has 34 heavy (non-hydrogen) atoms. The Balaban J connectivity index is 1.76. The molecule has 0 spiro atoms. The largest absolute Gasteiger partial charge is 0.496 e. The summed E-state index contributed by atoms with van der Waals surface area (Å²) in [5.41, 5.74) is 1.94. The minimum absolute atomic E-state index is 0.123. The summed E-state index contributed by atoms with van der Waals surface area (Å²) < 4.78 is 26.3. The summed E-state index contributed by atoms with van der Waals surface area (Å²) in [5, 5.41) is 17.5. The molecule has 1 heterocycles. The van der Waals surface area contributed by atoms with Crippen molar-refractivity contribution in [2.75, 3.05) is 20.8 Å². The van der Waals surface area contributed by atoms with Crippen molar-refractivity contribution in [3.05, 3.63) is 60.0 Å². The van der Waals surface area contributed by atoms with Crippen LogP contribution in [0.4, 0.5) is 4.39 Å². The second-order valence-corrected chi connectivity index (χ2v) is 8.50. The number of benzene rings is 2. The van der Waals surface area contributed by atoms with E-state index in [-0.39, 0.29) is 36.0 Å². The molecule has 1 aliphatic rings. The van der Waals surface area contributed by atoms with Gasteiger partial charge < -0.3 is 19.9 Å². The number of aromatic nitrogens is 2. The summed E-state index contributed by atoms with van der Waals surface area (Å²) in [5.74, 6) is 0.592. The molecule has 2 aromatic carbocycles. The Labute approximate surface area is 198 Å². The van der Waals surface area contributed by atoms with Crippen molar-refractivity contribution < 1.29 is 23.8 Å². The number of carbonyl (C=O) groups excluding carboxylic acids is 1. The first-order valence-corrected chi connectivity index (χ1v) is 11.5. The maximum Gasteiger partial charge on any atom is 0.272 e. The molecule has 1 aromatic heterocycles. The van der Waals surface area contributed by atoms with Gasteiger partial charge in [0.1, 0.15) is 17.3 Å². The summed E-state index contributed by atoms with van der Waals surface area (Å²) in [6.07, 6.45) is 5.37. The average molecular weight is 468 g/mol. The average Bonchev–Trinajstić information content (AvgIpc) is 3.32. The van der Waals surface area contributed by atoms with E-state index in [0.29, 0.717) is 28.4 Å². The third-order valence-corrected chi connectivity index (χ3v) is 6.43. The van der Waals surface area contributed by atoms with E-state index in [2.05, 4.69) is 10.4 Å². The molecule has 1 aliphatic carbocycles. The van der Waals surface area contributed by atoms with Crippen molar-refractivity contribution in [2.45, 2.75) is 38.1 Å². The number of nitrogens with one attached hydrogen (secondary N) is 1. The Hall–Kier alpha value is -3.39. The number of nitrogens with zero attached hydrogens (tertiary/aromatic N) is 2. The van der Waals surface area contributed by atoms with Crippen molar-refractivity contribution in [1.82, 2.24) is 15.1 Å². The van der Waals surface area contributed by atoms with Crippen LogP contribution >= 0.6 is 0 Å². The lowest BCUT2D eigenvalue weighted by Crippen LogP contribution is -2.43. The number of amides is 1. The lowest BCUT2D eigenvalue weighted by atomic mass is 9.84. The Bertz CT molecular complexity index is 1100. The first-order chi connectivity index (χ1) is 16.5. The maximum atomic E-state index is 13.6. The Kier molecular flexibility index (Phi) is 7.47. The molecule has 0 unspecified atom stereocenters. The van der Waals surface area contributed by atoms with Gasteiger partial charge in [0.25, 0.3) is 5.91 Å². The zero-order chi connectivity index (χ0) is 24.1. The predicted molar refractivity (Wildman–Crippen MR) is 127 cm³/mol. The van der Waals surface area contributed by atoms with E-state index in [9.17, 15) is 14.3 Å². The van der Waals surface area contributed by atoms with Crippen molar-refractivity contribution in [2.24, 2.45) is 5.92 Å². The van der Waals surface area contributed by atoms with Gasteiger partial charge in [-0.3, -0.25) is 4.79 Å². The van der Waals surface area contributed by atoms with E-state index in [0.717, 1.165) is 25.7 Å². The number of methoxy groups -OCH3 is 2. The maximum absolute atomic E-state index is 13.6. The Morgan fingerprint density at radius 1 is 1.12 bits per heavy atom. The van der Waals surface area contributed by atoms with Crippen LogP contribution in [0.15, 0.2) is 48.5 Å². The molecule has 7 nitrogen and oxygen atoms in total. The van der Waals surface area contributed by atoms with Gasteiger partial charge in [-0.1, -0.05) is 25.3 Å². The van der Waals surface area contributed by atoms with E-state index in [4.69, 9.17) is 9.47 Å². The Morgan fingerprint density at radius 3 is 2.35 bits per heavy atom. The van der Waals surface area contributed by atoms with Crippen LogP contribution in [-0.2, 0) is 0 Å². The number of ether oxygens (including phenoxy) is 2. The molecule has 3 aromatic rings. The minimum atomic E-state index is -0.374. The molecule has 8 heteroatoms. The van der Waals surface area contributed by atoms with Gasteiger partial charge in [-0.2, -0.15) is 5.10 Å². The van der Waals surface area contributed by atoms with Crippen LogP contribution in [0.2, 0.25) is 0 Å². The second-order valence-electron chi connectivity index (χ2n) is 8.50. The van der Waals surface area contributed by atoms with E-state index < -0.39 is 0 Å². The smallest absolute Gasteiger partial charge is 0.272 e. The number of aliphatic hydroxyl groups is 1. The molecule has 180 valence electrons. The number of hydrogen-bond acceptors (Lipinski definition) is 5. The highest BCUT2D eigenvalue weighted by Gasteiger charge is 2.27. The monoisotopic (exact) mass is 467 g/mol. The lowest BCUT2D eigenvalue weighted by molar-refractivity contribution is 0.0865. The van der Waals surface area contributed by atoms with Gasteiger partial charge in [0, 0.05) is 0 Å². The van der Waals surface area contributed by atoms with Crippen LogP contribution in [0.3, 0.4) is 0 Å². The first kappa shape index (κ1) is 23.8. The highest BCUT2D eigenvalue weighted by molar-refractivity contribution is 5.94. The molecule has 0 radical (unpaired) electrons. The fraction of sp³-hybridized carbons (Fsp3) is 0.385. The molecule has 0 aliphatic heterocycles. The zero-order valence-electron chi connectivity index (χ0n) is 19.5. The van der Waals surface area contributed by atoms with Gasteiger partial charge in [0.15, 0.2) is 5.69 Å². The van der Waals surface area contributed by atoms with E-state index in [1.807, 2.05) is 6.07 Å². The molecule has 1 atom stereocenters. The summed E-state index contributed by atoms with van der Waals surface area (Å²) in [6.45, 7) is -0.123. The van der Waals surface area contributed by atoms with Gasteiger partial charge in [-0.15, -0.1) is 0 Å². The number of rotatable bonds is 8. The predicted octanol–water partition coefficient (Wildman–Crippen LogP) is 4.37. The normalized spacial score (nSPS) is 15.1. The first-order valence-electron chi connectivity index (χ1n) is 11.5. The Morgan fingerprint density at radius 2 is 1.76 bits per heavy atom. The molecule has 4 rings (SSSR count). The van der Waals surface area contributed by atoms with Crippen LogP contribution in [0.25, 0.3) is 16.9 Å². The third-order valence-electron chi connectivity index (χ3n) is 6.43. The van der Waals surface area contributed by atoms with Gasteiger partial charge >= 0.3 is 0 Å². The lowest BCUT2D eigenvalue weighted by Gasteiger charge is -2.29. The molecule has 2 N–H and O–H groups in total. The summed E-state index contributed by atoms with van der Waals surface area (Å²) in [7, 11) is 3.11. The minimum Gasteiger partial charge on any atom is -0.496 e. The molecule has 1 saturated carbocycles. The summed E-state index contributed by atoms with van der Waals surface area (Å²) in [4.78, 5) is 13.2. The van der Waals surface area contributed by atoms with E-state index >= 15 is 0 Å². The molecular weight excluding hydrogens is 437 g/mol. The van der Waals surface area contributed by atoms with Crippen LogP contribution < -0.4 is 14.8 Å². The standard InChI is InChI=1S/C26H30FN3O4/c1-33-23-9-6-10-24(34-2)25(23)22-15-20(29-30(22)19-13-11-18(27)12-14-19)26(32)28-21(16-31)17-7-4-3-5-8-17/h6,9-15,17,21,31H,3-5,7-8,16H2,1-2H3,(H,28,32)/t21-/m1/s1. The van der Waals surface area contributed by atoms with Crippen LogP contribution in [0, 0.1) is 11.7 Å². The quantitative estimate of drug-likeness (QED) is 0.514. The van der Waals surface area contributed by atoms with Gasteiger partial charge in [0.2, 0.25) is 0 Å². The van der Waals surface area contributed by atoms with Gasteiger partial charge in [-0.25, -0.2) is 9.07 Å². The van der Waals surface area contributed by atoms with Crippen molar-refractivity contribution >= 4 is 5.91 Å². The van der Waals surface area contributed by atoms with E-state index in [1.165, 1.54) is 18.6 Å². The topological polar surface area (TPSA) is 85.6 Å². The van der Waals surface area contributed by atoms with Crippen molar-refractivity contribution in [3.63, 3.8) is 0 Å². The molecule has 1 amide bonds. The summed E-state index contributed by atoms with van der Waals surface area (Å²) in [6, 6.07) is 12.6. The molecular formula is C26H30FN3O4. The number of carbonyl (C=O) groups is 1. The number of aliphatic hydroxyl groups excluding tert-OH is 1. The number of hydrogen-bond donors (Lipinski definition) is 2. The third kappa shape index (κ3) is 4.92. The van der Waals surface area contributed by atoms with Crippen molar-refractivity contribution in [1.29, 1.82) is 0 Å². The van der Waals surface area contributed by atoms with Crippen LogP contribution in [0.5, 0.6) is 11.5 Å². The van der Waals surface area contributed by atoms with Crippen LogP contribution in [0.1, 0.15) is 42.6 Å². The number of halogens is 1. The summed E-state index contributed by atoms with van der Waals surface area (Å²) >= 11 is 0. The van der Waals surface area contributed by atoms with Crippen LogP contribution in [-0.4, -0.2) is 47.7 Å². The fourth-order valence-electron chi connectivity index (χ4n) is 4.64. The van der Waals surface area contributed by atoms with Gasteiger partial charge in [0.05, 0.1) is 43.8 Å². The van der Waals surface area contributed by atoms with Gasteiger partial charge in [-0.05, 0) is 61.2 Å². The highest BCUT2D eigenvalue weighted by Crippen LogP contribution is 2.39. The zero-order valence-corrected chi connectivity index (χ0v) is 19.5. The highest BCUT2D eigenvalue weighted by atomic mass is 19.1. The molecule has 0 saturated heterocycles. The fourth-order valence-corrected chi connectivity index (χ4v) is 4.64. The van der Waals surface area contributed by atoms with E-state index in [1.54, 1.807) is 49.2 Å². The molecule has 1 fully saturated rings. The SMILES string of the molecule is COc1cccc(OC)c1-c1cc(C(=O)N[C@H](CO)C2CCCCC2)nn1-c1ccc(F)cc1. The van der Waals surface area contributed by atoms with Crippen molar-refractivity contribution in [3.8, 4) is 28.4 Å². The molecule has 0 bridgehead atoms.